The predicted molar refractivity (Wildman–Crippen MR) is 72.6 cm³/mol. The molecule has 4 nitrogen and oxygen atoms in total. The van der Waals surface area contributed by atoms with Crippen molar-refractivity contribution in [3.05, 3.63) is 24.0 Å². The van der Waals surface area contributed by atoms with E-state index in [1.807, 2.05) is 6.07 Å². The highest BCUT2D eigenvalue weighted by molar-refractivity contribution is 5.92. The monoisotopic (exact) mass is 247 g/mol. The Hall–Kier alpha value is -1.58. The summed E-state index contributed by atoms with van der Waals surface area (Å²) in [5.41, 5.74) is 1.93. The highest BCUT2D eigenvalue weighted by atomic mass is 16.1. The van der Waals surface area contributed by atoms with Gasteiger partial charge in [0.15, 0.2) is 0 Å². The molecule has 0 aromatic carbocycles. The molecule has 0 bridgehead atoms. The quantitative estimate of drug-likeness (QED) is 0.861. The first-order valence-corrected chi connectivity index (χ1v) is 6.25. The highest BCUT2D eigenvalue weighted by Gasteiger charge is 2.64. The van der Waals surface area contributed by atoms with Gasteiger partial charge in [0.25, 0.3) is 5.91 Å². The van der Waals surface area contributed by atoms with Gasteiger partial charge in [-0.05, 0) is 23.0 Å². The highest BCUT2D eigenvalue weighted by Crippen LogP contribution is 2.63. The second-order valence-corrected chi connectivity index (χ2v) is 6.03. The van der Waals surface area contributed by atoms with Crippen molar-refractivity contribution in [1.82, 2.24) is 10.3 Å². The van der Waals surface area contributed by atoms with E-state index in [1.54, 1.807) is 19.3 Å². The molecule has 1 saturated carbocycles. The third kappa shape index (κ3) is 1.85. The smallest absolute Gasteiger partial charge is 0.269 e. The molecule has 0 spiro atoms. The van der Waals surface area contributed by atoms with Gasteiger partial charge in [0.1, 0.15) is 5.69 Å². The first kappa shape index (κ1) is 12.9. The number of hydrogen-bond donors (Lipinski definition) is 2. The number of carbonyl (C=O) groups excluding carboxylic acids is 1. The Bertz CT molecular complexity index is 466. The lowest BCUT2D eigenvalue weighted by molar-refractivity contribution is 0.0958. The van der Waals surface area contributed by atoms with Gasteiger partial charge in [-0.1, -0.05) is 27.7 Å². The van der Waals surface area contributed by atoms with Crippen molar-refractivity contribution in [3.8, 4) is 0 Å². The van der Waals surface area contributed by atoms with Crippen molar-refractivity contribution >= 4 is 11.6 Å². The van der Waals surface area contributed by atoms with Crippen LogP contribution in [0.25, 0.3) is 0 Å². The zero-order chi connectivity index (χ0) is 13.6. The molecule has 0 aliphatic heterocycles. The van der Waals surface area contributed by atoms with Crippen LogP contribution in [0.4, 0.5) is 5.69 Å². The first-order chi connectivity index (χ1) is 8.30. The van der Waals surface area contributed by atoms with E-state index in [2.05, 4.69) is 43.3 Å². The summed E-state index contributed by atoms with van der Waals surface area (Å²) < 4.78 is 0. The van der Waals surface area contributed by atoms with Crippen LogP contribution in [0.2, 0.25) is 0 Å². The van der Waals surface area contributed by atoms with Crippen LogP contribution >= 0.6 is 0 Å². The molecule has 2 N–H and O–H groups in total. The Kier molecular flexibility index (Phi) is 2.84. The van der Waals surface area contributed by atoms with E-state index in [4.69, 9.17) is 0 Å². The lowest BCUT2D eigenvalue weighted by Gasteiger charge is -2.09. The molecule has 0 saturated heterocycles. The Morgan fingerprint density at radius 2 is 1.89 bits per heavy atom. The maximum absolute atomic E-state index is 11.5. The minimum absolute atomic E-state index is 0.159. The van der Waals surface area contributed by atoms with E-state index < -0.39 is 0 Å². The largest absolute Gasteiger partial charge is 0.381 e. The second kappa shape index (κ2) is 3.97. The lowest BCUT2D eigenvalue weighted by Crippen LogP contribution is -2.19. The Morgan fingerprint density at radius 3 is 2.39 bits per heavy atom. The number of carbonyl (C=O) groups is 1. The maximum Gasteiger partial charge on any atom is 0.269 e. The van der Waals surface area contributed by atoms with Gasteiger partial charge >= 0.3 is 0 Å². The van der Waals surface area contributed by atoms with Gasteiger partial charge in [-0.3, -0.25) is 9.78 Å². The standard InChI is InChI=1S/C14H21N3O/c1-13(2)12(14(13,3)4)17-9-6-7-16-10(8-9)11(18)15-5/h6-8,12H,1-5H3,(H,15,18)(H,16,17). The topological polar surface area (TPSA) is 54.0 Å². The number of rotatable bonds is 3. The normalized spacial score (nSPS) is 20.3. The van der Waals surface area contributed by atoms with Crippen molar-refractivity contribution in [2.75, 3.05) is 12.4 Å². The van der Waals surface area contributed by atoms with Crippen LogP contribution in [0.3, 0.4) is 0 Å². The molecular weight excluding hydrogens is 226 g/mol. The third-order valence-electron chi connectivity index (χ3n) is 4.55. The fraction of sp³-hybridized carbons (Fsp3) is 0.571. The van der Waals surface area contributed by atoms with Gasteiger partial charge in [0, 0.05) is 25.0 Å². The van der Waals surface area contributed by atoms with Crippen LogP contribution in [-0.2, 0) is 0 Å². The minimum Gasteiger partial charge on any atom is -0.381 e. The SMILES string of the molecule is CNC(=O)c1cc(NC2C(C)(C)C2(C)C)ccn1. The van der Waals surface area contributed by atoms with E-state index in [1.165, 1.54) is 0 Å². The molecule has 1 amide bonds. The number of hydrogen-bond acceptors (Lipinski definition) is 3. The molecule has 1 aliphatic carbocycles. The number of anilines is 1. The van der Waals surface area contributed by atoms with E-state index >= 15 is 0 Å². The van der Waals surface area contributed by atoms with Gasteiger partial charge in [-0.2, -0.15) is 0 Å². The molecule has 1 aromatic rings. The van der Waals surface area contributed by atoms with Gasteiger partial charge in [-0.15, -0.1) is 0 Å². The molecule has 0 atom stereocenters. The number of pyridine rings is 1. The van der Waals surface area contributed by atoms with Crippen molar-refractivity contribution in [1.29, 1.82) is 0 Å². The summed E-state index contributed by atoms with van der Waals surface area (Å²) in [5, 5.41) is 6.08. The second-order valence-electron chi connectivity index (χ2n) is 6.03. The molecular formula is C14H21N3O. The van der Waals surface area contributed by atoms with Crippen molar-refractivity contribution in [3.63, 3.8) is 0 Å². The van der Waals surface area contributed by atoms with Crippen molar-refractivity contribution in [2.24, 2.45) is 10.8 Å². The molecule has 0 radical (unpaired) electrons. The summed E-state index contributed by atoms with van der Waals surface area (Å²) in [5.74, 6) is -0.159. The summed E-state index contributed by atoms with van der Waals surface area (Å²) in [7, 11) is 1.61. The maximum atomic E-state index is 11.5. The van der Waals surface area contributed by atoms with Gasteiger partial charge < -0.3 is 10.6 Å². The molecule has 1 heterocycles. The molecule has 1 fully saturated rings. The van der Waals surface area contributed by atoms with Crippen molar-refractivity contribution < 1.29 is 4.79 Å². The zero-order valence-corrected chi connectivity index (χ0v) is 11.7. The molecule has 2 rings (SSSR count). The molecule has 4 heteroatoms. The fourth-order valence-corrected chi connectivity index (χ4v) is 2.50. The number of amides is 1. The Balaban J connectivity index is 2.15. The van der Waals surface area contributed by atoms with E-state index in [-0.39, 0.29) is 16.7 Å². The Morgan fingerprint density at radius 1 is 1.28 bits per heavy atom. The van der Waals surface area contributed by atoms with E-state index in [0.717, 1.165) is 5.69 Å². The lowest BCUT2D eigenvalue weighted by atomic mass is 10.0. The average molecular weight is 247 g/mol. The van der Waals surface area contributed by atoms with Crippen LogP contribution in [0.15, 0.2) is 18.3 Å². The van der Waals surface area contributed by atoms with Crippen LogP contribution in [-0.4, -0.2) is 24.0 Å². The Labute approximate surface area is 108 Å². The number of nitrogens with zero attached hydrogens (tertiary/aromatic N) is 1. The van der Waals surface area contributed by atoms with Gasteiger partial charge in [-0.25, -0.2) is 0 Å². The van der Waals surface area contributed by atoms with Crippen LogP contribution in [0.5, 0.6) is 0 Å². The molecule has 1 aliphatic rings. The molecule has 18 heavy (non-hydrogen) atoms. The van der Waals surface area contributed by atoms with E-state index in [0.29, 0.717) is 11.7 Å². The summed E-state index contributed by atoms with van der Waals surface area (Å²) in [6.45, 7) is 9.02. The number of aromatic nitrogens is 1. The molecule has 98 valence electrons. The number of nitrogens with one attached hydrogen (secondary N) is 2. The zero-order valence-electron chi connectivity index (χ0n) is 11.7. The predicted octanol–water partition coefficient (Wildman–Crippen LogP) is 2.29. The summed E-state index contributed by atoms with van der Waals surface area (Å²) in [4.78, 5) is 15.6. The average Bonchev–Trinajstić information content (AvgIpc) is 2.71. The van der Waals surface area contributed by atoms with Crippen LogP contribution in [0, 0.1) is 10.8 Å². The molecule has 0 unspecified atom stereocenters. The summed E-state index contributed by atoms with van der Waals surface area (Å²) in [6.07, 6.45) is 1.66. The van der Waals surface area contributed by atoms with E-state index in [9.17, 15) is 4.79 Å². The fourth-order valence-electron chi connectivity index (χ4n) is 2.50. The van der Waals surface area contributed by atoms with Gasteiger partial charge in [0.05, 0.1) is 0 Å². The van der Waals surface area contributed by atoms with Crippen LogP contribution in [0.1, 0.15) is 38.2 Å². The third-order valence-corrected chi connectivity index (χ3v) is 4.55. The minimum atomic E-state index is -0.159. The summed E-state index contributed by atoms with van der Waals surface area (Å²) >= 11 is 0. The van der Waals surface area contributed by atoms with Crippen molar-refractivity contribution in [2.45, 2.75) is 33.7 Å². The first-order valence-electron chi connectivity index (χ1n) is 6.25. The van der Waals surface area contributed by atoms with Gasteiger partial charge in [0.2, 0.25) is 0 Å². The van der Waals surface area contributed by atoms with Crippen LogP contribution < -0.4 is 10.6 Å². The molecule has 1 aromatic heterocycles. The summed E-state index contributed by atoms with van der Waals surface area (Å²) in [6, 6.07) is 4.12.